The maximum atomic E-state index is 13.3. The van der Waals surface area contributed by atoms with Crippen molar-refractivity contribution in [2.45, 2.75) is 19.4 Å². The highest BCUT2D eigenvalue weighted by molar-refractivity contribution is 5.37. The third-order valence-corrected chi connectivity index (χ3v) is 3.29. The van der Waals surface area contributed by atoms with Crippen molar-refractivity contribution < 1.29 is 9.13 Å². The monoisotopic (exact) mass is 273 g/mol. The van der Waals surface area contributed by atoms with Crippen molar-refractivity contribution in [2.24, 2.45) is 0 Å². The third kappa shape index (κ3) is 3.58. The molecule has 0 saturated carbocycles. The molecule has 0 saturated heterocycles. The fourth-order valence-corrected chi connectivity index (χ4v) is 2.39. The van der Waals surface area contributed by atoms with E-state index in [1.807, 2.05) is 30.3 Å². The number of ether oxygens (including phenoxy) is 1. The van der Waals surface area contributed by atoms with Crippen molar-refractivity contribution in [3.63, 3.8) is 0 Å². The van der Waals surface area contributed by atoms with E-state index in [0.29, 0.717) is 0 Å². The van der Waals surface area contributed by atoms with Gasteiger partial charge in [-0.3, -0.25) is 0 Å². The average molecular weight is 273 g/mol. The van der Waals surface area contributed by atoms with Crippen LogP contribution < -0.4 is 10.1 Å². The van der Waals surface area contributed by atoms with Crippen LogP contribution in [0.4, 0.5) is 4.39 Å². The number of nitrogens with one attached hydrogen (secondary N) is 1. The summed E-state index contributed by atoms with van der Waals surface area (Å²) < 4.78 is 18.7. The molecule has 0 aliphatic heterocycles. The Hall–Kier alpha value is -1.87. The minimum Gasteiger partial charge on any atom is -0.496 e. The summed E-state index contributed by atoms with van der Waals surface area (Å²) in [6, 6.07) is 14.8. The Labute approximate surface area is 119 Å². The van der Waals surface area contributed by atoms with Crippen LogP contribution in [0.2, 0.25) is 0 Å². The summed E-state index contributed by atoms with van der Waals surface area (Å²) >= 11 is 0. The summed E-state index contributed by atoms with van der Waals surface area (Å²) in [6.07, 6.45) is 0.728. The van der Waals surface area contributed by atoms with Crippen LogP contribution in [0.25, 0.3) is 0 Å². The molecule has 0 radical (unpaired) electrons. The van der Waals surface area contributed by atoms with Gasteiger partial charge in [-0.05, 0) is 36.7 Å². The van der Waals surface area contributed by atoms with E-state index in [2.05, 4.69) is 12.2 Å². The predicted molar refractivity (Wildman–Crippen MR) is 79.5 cm³/mol. The maximum absolute atomic E-state index is 13.3. The SMILES string of the molecule is CCNC(Cc1cccc(F)c1)c1ccccc1OC. The zero-order valence-corrected chi connectivity index (χ0v) is 11.9. The fourth-order valence-electron chi connectivity index (χ4n) is 2.39. The molecule has 0 aliphatic rings. The van der Waals surface area contributed by atoms with Crippen molar-refractivity contribution in [1.29, 1.82) is 0 Å². The van der Waals surface area contributed by atoms with Crippen molar-refractivity contribution in [1.82, 2.24) is 5.32 Å². The molecule has 106 valence electrons. The standard InChI is InChI=1S/C17H20FNO/c1-3-19-16(12-13-7-6-8-14(18)11-13)15-9-4-5-10-17(15)20-2/h4-11,16,19H,3,12H2,1-2H3. The smallest absolute Gasteiger partial charge is 0.123 e. The Morgan fingerprint density at radius 1 is 1.15 bits per heavy atom. The number of rotatable bonds is 6. The van der Waals surface area contributed by atoms with Gasteiger partial charge < -0.3 is 10.1 Å². The molecule has 0 spiro atoms. The van der Waals surface area contributed by atoms with Gasteiger partial charge in [0.25, 0.3) is 0 Å². The Bertz CT molecular complexity index is 556. The van der Waals surface area contributed by atoms with Crippen molar-refractivity contribution in [3.8, 4) is 5.75 Å². The van der Waals surface area contributed by atoms with E-state index in [-0.39, 0.29) is 11.9 Å². The zero-order chi connectivity index (χ0) is 14.4. The van der Waals surface area contributed by atoms with Gasteiger partial charge in [0, 0.05) is 11.6 Å². The first kappa shape index (κ1) is 14.5. The lowest BCUT2D eigenvalue weighted by Gasteiger charge is -2.21. The third-order valence-electron chi connectivity index (χ3n) is 3.29. The number of benzene rings is 2. The van der Waals surface area contributed by atoms with Gasteiger partial charge in [-0.1, -0.05) is 37.3 Å². The summed E-state index contributed by atoms with van der Waals surface area (Å²) in [5.74, 6) is 0.660. The van der Waals surface area contributed by atoms with Gasteiger partial charge in [-0.15, -0.1) is 0 Å². The first-order valence-electron chi connectivity index (χ1n) is 6.85. The van der Waals surface area contributed by atoms with E-state index in [4.69, 9.17) is 4.74 Å². The summed E-state index contributed by atoms with van der Waals surface area (Å²) in [4.78, 5) is 0. The van der Waals surface area contributed by atoms with Gasteiger partial charge in [0.2, 0.25) is 0 Å². The van der Waals surface area contributed by atoms with Crippen LogP contribution in [0.15, 0.2) is 48.5 Å². The molecule has 0 amide bonds. The fraction of sp³-hybridized carbons (Fsp3) is 0.294. The molecule has 3 heteroatoms. The highest BCUT2D eigenvalue weighted by Crippen LogP contribution is 2.27. The van der Waals surface area contributed by atoms with E-state index in [1.54, 1.807) is 19.2 Å². The molecule has 2 rings (SSSR count). The maximum Gasteiger partial charge on any atom is 0.123 e. The number of methoxy groups -OCH3 is 1. The van der Waals surface area contributed by atoms with Gasteiger partial charge in [-0.2, -0.15) is 0 Å². The molecular formula is C17H20FNO. The van der Waals surface area contributed by atoms with Crippen LogP contribution in [0, 0.1) is 5.82 Å². The summed E-state index contributed by atoms with van der Waals surface area (Å²) in [7, 11) is 1.67. The minimum atomic E-state index is -0.197. The lowest BCUT2D eigenvalue weighted by molar-refractivity contribution is 0.399. The number of hydrogen-bond acceptors (Lipinski definition) is 2. The van der Waals surface area contributed by atoms with Crippen LogP contribution in [0.5, 0.6) is 5.75 Å². The van der Waals surface area contributed by atoms with E-state index in [0.717, 1.165) is 29.8 Å². The van der Waals surface area contributed by atoms with Crippen molar-refractivity contribution >= 4 is 0 Å². The van der Waals surface area contributed by atoms with Crippen LogP contribution in [0.1, 0.15) is 24.1 Å². The van der Waals surface area contributed by atoms with Crippen LogP contribution >= 0.6 is 0 Å². The van der Waals surface area contributed by atoms with E-state index < -0.39 is 0 Å². The molecule has 2 nitrogen and oxygen atoms in total. The van der Waals surface area contributed by atoms with Crippen LogP contribution in [0.3, 0.4) is 0 Å². The van der Waals surface area contributed by atoms with Crippen molar-refractivity contribution in [3.05, 3.63) is 65.5 Å². The quantitative estimate of drug-likeness (QED) is 0.866. The molecule has 0 aromatic heterocycles. The van der Waals surface area contributed by atoms with Gasteiger partial charge in [0.05, 0.1) is 7.11 Å². The molecule has 2 aromatic carbocycles. The summed E-state index contributed by atoms with van der Waals surface area (Å²) in [6.45, 7) is 2.91. The lowest BCUT2D eigenvalue weighted by atomic mass is 9.98. The Morgan fingerprint density at radius 2 is 1.95 bits per heavy atom. The number of halogens is 1. The summed E-state index contributed by atoms with van der Waals surface area (Å²) in [5, 5.41) is 3.44. The second-order valence-corrected chi connectivity index (χ2v) is 4.69. The number of hydrogen-bond donors (Lipinski definition) is 1. The first-order valence-corrected chi connectivity index (χ1v) is 6.85. The highest BCUT2D eigenvalue weighted by atomic mass is 19.1. The zero-order valence-electron chi connectivity index (χ0n) is 11.9. The Balaban J connectivity index is 2.26. The molecule has 1 unspecified atom stereocenters. The van der Waals surface area contributed by atoms with Crippen LogP contribution in [-0.4, -0.2) is 13.7 Å². The largest absolute Gasteiger partial charge is 0.496 e. The second kappa shape index (κ2) is 7.06. The van der Waals surface area contributed by atoms with E-state index in [1.165, 1.54) is 6.07 Å². The van der Waals surface area contributed by atoms with Gasteiger partial charge >= 0.3 is 0 Å². The molecule has 1 N–H and O–H groups in total. The van der Waals surface area contributed by atoms with Crippen LogP contribution in [-0.2, 0) is 6.42 Å². The summed E-state index contributed by atoms with van der Waals surface area (Å²) in [5.41, 5.74) is 2.07. The number of para-hydroxylation sites is 1. The predicted octanol–water partition coefficient (Wildman–Crippen LogP) is 3.73. The molecule has 1 atom stereocenters. The minimum absolute atomic E-state index is 0.109. The molecule has 0 bridgehead atoms. The molecule has 0 fully saturated rings. The van der Waals surface area contributed by atoms with E-state index in [9.17, 15) is 4.39 Å². The van der Waals surface area contributed by atoms with Gasteiger partial charge in [0.15, 0.2) is 0 Å². The van der Waals surface area contributed by atoms with Gasteiger partial charge in [-0.25, -0.2) is 4.39 Å². The first-order chi connectivity index (χ1) is 9.74. The Kier molecular flexibility index (Phi) is 5.13. The highest BCUT2D eigenvalue weighted by Gasteiger charge is 2.15. The lowest BCUT2D eigenvalue weighted by Crippen LogP contribution is -2.23. The topological polar surface area (TPSA) is 21.3 Å². The molecular weight excluding hydrogens is 253 g/mol. The number of likely N-dealkylation sites (N-methyl/N-ethyl adjacent to an activating group) is 1. The average Bonchev–Trinajstić information content (AvgIpc) is 2.47. The molecule has 0 aliphatic carbocycles. The Morgan fingerprint density at radius 3 is 2.65 bits per heavy atom. The van der Waals surface area contributed by atoms with Gasteiger partial charge in [0.1, 0.15) is 11.6 Å². The van der Waals surface area contributed by atoms with E-state index >= 15 is 0 Å². The molecule has 0 heterocycles. The molecule has 20 heavy (non-hydrogen) atoms. The molecule has 2 aromatic rings. The normalized spacial score (nSPS) is 12.2. The second-order valence-electron chi connectivity index (χ2n) is 4.69. The van der Waals surface area contributed by atoms with Crippen molar-refractivity contribution in [2.75, 3.05) is 13.7 Å².